The second kappa shape index (κ2) is 7.57. The number of carbonyl (C=O) groups is 1. The molecule has 0 saturated carbocycles. The predicted octanol–water partition coefficient (Wildman–Crippen LogP) is 4.53. The third-order valence-corrected chi connectivity index (χ3v) is 3.98. The van der Waals surface area contributed by atoms with Gasteiger partial charge in [0.15, 0.2) is 5.78 Å². The molecular weight excluding hydrogens is 328 g/mol. The van der Waals surface area contributed by atoms with Gasteiger partial charge in [-0.05, 0) is 41.5 Å². The van der Waals surface area contributed by atoms with Gasteiger partial charge < -0.3 is 14.9 Å². The molecule has 0 aliphatic heterocycles. The van der Waals surface area contributed by atoms with Gasteiger partial charge in [0.1, 0.15) is 17.2 Å². The molecule has 2 N–H and O–H groups in total. The monoisotopic (exact) mass is 346 g/mol. The van der Waals surface area contributed by atoms with Crippen LogP contribution in [-0.4, -0.2) is 23.1 Å². The molecule has 4 heteroatoms. The van der Waals surface area contributed by atoms with Crippen molar-refractivity contribution < 1.29 is 19.7 Å². The molecule has 0 amide bonds. The van der Waals surface area contributed by atoms with E-state index < -0.39 is 0 Å². The number of ether oxygens (including phenoxy) is 1. The summed E-state index contributed by atoms with van der Waals surface area (Å²) in [6.07, 6.45) is 1.74. The Hall–Kier alpha value is -3.53. The van der Waals surface area contributed by atoms with Crippen molar-refractivity contribution in [3.63, 3.8) is 0 Å². The highest BCUT2D eigenvalue weighted by molar-refractivity contribution is 6.33. The van der Waals surface area contributed by atoms with Crippen LogP contribution in [-0.2, 0) is 0 Å². The van der Waals surface area contributed by atoms with Gasteiger partial charge in [0.05, 0.1) is 12.7 Å². The molecule has 4 nitrogen and oxygen atoms in total. The van der Waals surface area contributed by atoms with Crippen molar-refractivity contribution in [3.05, 3.63) is 89.5 Å². The van der Waals surface area contributed by atoms with Crippen molar-refractivity contribution in [2.24, 2.45) is 0 Å². The molecule has 0 spiro atoms. The van der Waals surface area contributed by atoms with Gasteiger partial charge in [-0.15, -0.1) is 0 Å². The second-order valence-corrected chi connectivity index (χ2v) is 5.73. The summed E-state index contributed by atoms with van der Waals surface area (Å²) >= 11 is 0. The van der Waals surface area contributed by atoms with Crippen LogP contribution in [0, 0.1) is 0 Å². The van der Waals surface area contributed by atoms with Crippen molar-refractivity contribution in [1.29, 1.82) is 0 Å². The Morgan fingerprint density at radius 3 is 2.23 bits per heavy atom. The number of phenols is 2. The molecule has 3 aromatic carbocycles. The lowest BCUT2D eigenvalue weighted by Crippen LogP contribution is -2.03. The fourth-order valence-electron chi connectivity index (χ4n) is 2.61. The topological polar surface area (TPSA) is 66.8 Å². The maximum atomic E-state index is 13.1. The average molecular weight is 346 g/mol. The van der Waals surface area contributed by atoms with Gasteiger partial charge in [-0.3, -0.25) is 4.79 Å². The lowest BCUT2D eigenvalue weighted by Gasteiger charge is -2.10. The number of hydrogen-bond acceptors (Lipinski definition) is 4. The first kappa shape index (κ1) is 17.3. The summed E-state index contributed by atoms with van der Waals surface area (Å²) in [5, 5.41) is 19.7. The molecule has 0 aliphatic carbocycles. The number of phenolic OH excluding ortho intramolecular Hbond substituents is 2. The number of benzene rings is 3. The van der Waals surface area contributed by atoms with Crippen molar-refractivity contribution >= 4 is 17.4 Å². The second-order valence-electron chi connectivity index (χ2n) is 5.73. The number of rotatable bonds is 5. The number of methoxy groups -OCH3 is 1. The third-order valence-electron chi connectivity index (χ3n) is 3.98. The molecule has 0 unspecified atom stereocenters. The van der Waals surface area contributed by atoms with Gasteiger partial charge in [-0.25, -0.2) is 0 Å². The van der Waals surface area contributed by atoms with Crippen molar-refractivity contribution in [2.75, 3.05) is 7.11 Å². The van der Waals surface area contributed by atoms with Crippen LogP contribution in [0.2, 0.25) is 0 Å². The van der Waals surface area contributed by atoms with Crippen LogP contribution >= 0.6 is 0 Å². The zero-order valence-electron chi connectivity index (χ0n) is 14.2. The minimum atomic E-state index is -0.301. The number of aromatic hydroxyl groups is 2. The van der Waals surface area contributed by atoms with Gasteiger partial charge in [-0.2, -0.15) is 0 Å². The van der Waals surface area contributed by atoms with E-state index in [0.29, 0.717) is 11.3 Å². The van der Waals surface area contributed by atoms with E-state index in [1.54, 1.807) is 42.5 Å². The number of ketones is 1. The van der Waals surface area contributed by atoms with Gasteiger partial charge >= 0.3 is 0 Å². The minimum absolute atomic E-state index is 0.137. The smallest absolute Gasteiger partial charge is 0.197 e. The predicted molar refractivity (Wildman–Crippen MR) is 101 cm³/mol. The van der Waals surface area contributed by atoms with Crippen LogP contribution in [0.5, 0.6) is 17.2 Å². The number of hydrogen-bond donors (Lipinski definition) is 2. The maximum Gasteiger partial charge on any atom is 0.197 e. The molecule has 0 saturated heterocycles. The average Bonchev–Trinajstić information content (AvgIpc) is 2.67. The molecule has 130 valence electrons. The molecule has 3 aromatic rings. The van der Waals surface area contributed by atoms with E-state index in [1.165, 1.54) is 13.2 Å². The standard InChI is InChI=1S/C22H18O4/c1-26-18-11-12-19(21(24)14-18)22(25)20(16-5-3-2-4-6-16)13-15-7-9-17(23)10-8-15/h2-14,23-24H,1H3. The van der Waals surface area contributed by atoms with E-state index in [9.17, 15) is 15.0 Å². The first-order valence-corrected chi connectivity index (χ1v) is 8.06. The maximum absolute atomic E-state index is 13.1. The molecule has 0 aromatic heterocycles. The van der Waals surface area contributed by atoms with E-state index >= 15 is 0 Å². The molecule has 0 bridgehead atoms. The Bertz CT molecular complexity index is 942. The SMILES string of the molecule is COc1ccc(C(=O)C(=Cc2ccc(O)cc2)c2ccccc2)c(O)c1. The van der Waals surface area contributed by atoms with E-state index in [1.807, 2.05) is 30.3 Å². The molecule has 3 rings (SSSR count). The summed E-state index contributed by atoms with van der Waals surface area (Å²) in [5.41, 5.74) is 2.14. The van der Waals surface area contributed by atoms with Gasteiger partial charge in [-0.1, -0.05) is 42.5 Å². The summed E-state index contributed by atoms with van der Waals surface area (Å²) < 4.78 is 5.07. The summed E-state index contributed by atoms with van der Waals surface area (Å²) in [6, 6.07) is 20.4. The van der Waals surface area contributed by atoms with Gasteiger partial charge in [0.2, 0.25) is 0 Å². The quantitative estimate of drug-likeness (QED) is 0.405. The highest BCUT2D eigenvalue weighted by Crippen LogP contribution is 2.30. The number of allylic oxidation sites excluding steroid dienone is 1. The molecule has 26 heavy (non-hydrogen) atoms. The lowest BCUT2D eigenvalue weighted by molar-refractivity contribution is 0.105. The summed E-state index contributed by atoms with van der Waals surface area (Å²) in [5.74, 6) is 0.191. The van der Waals surface area contributed by atoms with Gasteiger partial charge in [0, 0.05) is 11.6 Å². The van der Waals surface area contributed by atoms with Crippen LogP contribution < -0.4 is 4.74 Å². The zero-order chi connectivity index (χ0) is 18.5. The molecule has 0 radical (unpaired) electrons. The van der Waals surface area contributed by atoms with E-state index in [0.717, 1.165) is 11.1 Å². The first-order chi connectivity index (χ1) is 12.6. The fourth-order valence-corrected chi connectivity index (χ4v) is 2.61. The zero-order valence-corrected chi connectivity index (χ0v) is 14.2. The van der Waals surface area contributed by atoms with E-state index in [-0.39, 0.29) is 22.8 Å². The lowest BCUT2D eigenvalue weighted by atomic mass is 9.94. The fraction of sp³-hybridized carbons (Fsp3) is 0.0455. The Labute approximate surface area is 151 Å². The van der Waals surface area contributed by atoms with Crippen molar-refractivity contribution in [3.8, 4) is 17.2 Å². The molecular formula is C22H18O4. The normalized spacial score (nSPS) is 11.2. The Kier molecular flexibility index (Phi) is 5.04. The third kappa shape index (κ3) is 3.75. The Morgan fingerprint density at radius 1 is 0.923 bits per heavy atom. The molecule has 0 atom stereocenters. The highest BCUT2D eigenvalue weighted by atomic mass is 16.5. The van der Waals surface area contributed by atoms with Gasteiger partial charge in [0.25, 0.3) is 0 Å². The summed E-state index contributed by atoms with van der Waals surface area (Å²) in [7, 11) is 1.50. The van der Waals surface area contributed by atoms with E-state index in [2.05, 4.69) is 0 Å². The molecule has 0 aliphatic rings. The van der Waals surface area contributed by atoms with E-state index in [4.69, 9.17) is 4.74 Å². The summed E-state index contributed by atoms with van der Waals surface area (Å²) in [4.78, 5) is 13.1. The number of carbonyl (C=O) groups excluding carboxylic acids is 1. The Morgan fingerprint density at radius 2 is 1.62 bits per heavy atom. The van der Waals surface area contributed by atoms with Crippen LogP contribution in [0.1, 0.15) is 21.5 Å². The minimum Gasteiger partial charge on any atom is -0.508 e. The van der Waals surface area contributed by atoms with Crippen LogP contribution in [0.4, 0.5) is 0 Å². The van der Waals surface area contributed by atoms with Crippen LogP contribution in [0.25, 0.3) is 11.6 Å². The largest absolute Gasteiger partial charge is 0.508 e. The first-order valence-electron chi connectivity index (χ1n) is 8.06. The van der Waals surface area contributed by atoms with Crippen molar-refractivity contribution in [1.82, 2.24) is 0 Å². The van der Waals surface area contributed by atoms with Crippen LogP contribution in [0.15, 0.2) is 72.8 Å². The Balaban J connectivity index is 2.09. The molecule has 0 fully saturated rings. The summed E-state index contributed by atoms with van der Waals surface area (Å²) in [6.45, 7) is 0. The molecule has 0 heterocycles. The van der Waals surface area contributed by atoms with Crippen LogP contribution in [0.3, 0.4) is 0 Å². The highest BCUT2D eigenvalue weighted by Gasteiger charge is 2.18. The number of Topliss-reactive ketones (excluding diaryl/α,β-unsaturated/α-hetero) is 1. The van der Waals surface area contributed by atoms with Crippen molar-refractivity contribution in [2.45, 2.75) is 0 Å².